The summed E-state index contributed by atoms with van der Waals surface area (Å²) in [4.78, 5) is 54.0. The van der Waals surface area contributed by atoms with Gasteiger partial charge in [0.25, 0.3) is 16.8 Å². The second kappa shape index (κ2) is 10.7. The molecule has 1 atom stereocenters. The SMILES string of the molecule is CCN(CC)c1c(NC(CC(=O)O)c2ccc(C(=O)Nc3c(Cl)cncc3Cl)cc2)c(=O)c1=O. The Morgan fingerprint density at radius 3 is 2.12 bits per heavy atom. The number of nitrogens with zero attached hydrogens (tertiary/aromatic N) is 2. The van der Waals surface area contributed by atoms with Crippen LogP contribution in [0.1, 0.15) is 42.2 Å². The molecule has 1 aromatic heterocycles. The van der Waals surface area contributed by atoms with Crippen LogP contribution in [-0.4, -0.2) is 35.1 Å². The van der Waals surface area contributed by atoms with E-state index in [2.05, 4.69) is 15.6 Å². The van der Waals surface area contributed by atoms with Gasteiger partial charge in [0, 0.05) is 31.0 Å². The van der Waals surface area contributed by atoms with E-state index in [0.717, 1.165) is 0 Å². The van der Waals surface area contributed by atoms with E-state index in [-0.39, 0.29) is 39.1 Å². The molecule has 1 heterocycles. The fraction of sp³-hybridized carbons (Fsp3) is 0.261. The number of nitrogens with one attached hydrogen (secondary N) is 2. The van der Waals surface area contributed by atoms with Crippen molar-refractivity contribution in [1.82, 2.24) is 4.98 Å². The molecule has 3 aromatic rings. The minimum atomic E-state index is -1.09. The molecule has 0 aliphatic carbocycles. The van der Waals surface area contributed by atoms with Crippen LogP contribution in [0.5, 0.6) is 0 Å². The van der Waals surface area contributed by atoms with Crippen molar-refractivity contribution in [2.45, 2.75) is 26.3 Å². The standard InChI is InChI=1S/C23H22Cl2N4O5/c1-3-29(4-2)20-19(21(32)22(20)33)27-16(9-17(30)31)12-5-7-13(8-6-12)23(34)28-18-14(24)10-26-11-15(18)25/h5-8,10-11,16,27H,3-4,9H2,1-2H3,(H,30,31)(H,26,28,34). The number of benzene rings is 1. The van der Waals surface area contributed by atoms with Gasteiger partial charge >= 0.3 is 5.97 Å². The summed E-state index contributed by atoms with van der Waals surface area (Å²) in [7, 11) is 0. The number of carbonyl (C=O) groups is 2. The second-order valence-corrected chi connectivity index (χ2v) is 8.22. The zero-order valence-corrected chi connectivity index (χ0v) is 19.9. The van der Waals surface area contributed by atoms with Crippen LogP contribution in [0.2, 0.25) is 10.0 Å². The van der Waals surface area contributed by atoms with Gasteiger partial charge in [-0.15, -0.1) is 0 Å². The first-order valence-electron chi connectivity index (χ1n) is 10.4. The number of halogens is 2. The van der Waals surface area contributed by atoms with Gasteiger partial charge in [-0.05, 0) is 31.5 Å². The van der Waals surface area contributed by atoms with Gasteiger partial charge in [0.15, 0.2) is 0 Å². The number of anilines is 3. The highest BCUT2D eigenvalue weighted by molar-refractivity contribution is 6.39. The molecule has 11 heteroatoms. The van der Waals surface area contributed by atoms with Crippen LogP contribution >= 0.6 is 23.2 Å². The van der Waals surface area contributed by atoms with E-state index < -0.39 is 28.8 Å². The van der Waals surface area contributed by atoms with E-state index in [1.54, 1.807) is 17.0 Å². The summed E-state index contributed by atoms with van der Waals surface area (Å²) < 4.78 is 0. The van der Waals surface area contributed by atoms with Crippen molar-refractivity contribution in [3.63, 3.8) is 0 Å². The molecule has 0 saturated carbocycles. The third kappa shape index (κ3) is 5.21. The zero-order valence-electron chi connectivity index (χ0n) is 18.4. The summed E-state index contributed by atoms with van der Waals surface area (Å²) in [6.07, 6.45) is 2.36. The number of hydrogen-bond acceptors (Lipinski definition) is 7. The third-order valence-electron chi connectivity index (χ3n) is 5.33. The maximum atomic E-state index is 12.6. The molecule has 9 nitrogen and oxygen atoms in total. The Balaban J connectivity index is 1.84. The molecule has 3 rings (SSSR count). The van der Waals surface area contributed by atoms with Gasteiger partial charge in [0.1, 0.15) is 11.4 Å². The maximum absolute atomic E-state index is 12.6. The van der Waals surface area contributed by atoms with E-state index in [1.807, 2.05) is 13.8 Å². The van der Waals surface area contributed by atoms with Crippen molar-refractivity contribution in [3.05, 3.63) is 78.3 Å². The second-order valence-electron chi connectivity index (χ2n) is 7.40. The summed E-state index contributed by atoms with van der Waals surface area (Å²) >= 11 is 12.1. The Morgan fingerprint density at radius 1 is 1.00 bits per heavy atom. The first-order chi connectivity index (χ1) is 16.2. The Morgan fingerprint density at radius 2 is 1.59 bits per heavy atom. The number of carbonyl (C=O) groups excluding carboxylic acids is 1. The van der Waals surface area contributed by atoms with Crippen molar-refractivity contribution < 1.29 is 14.7 Å². The minimum absolute atomic E-state index is 0.101. The average Bonchev–Trinajstić information content (AvgIpc) is 2.82. The number of hydrogen-bond donors (Lipinski definition) is 3. The van der Waals surface area contributed by atoms with Crippen LogP contribution in [0.15, 0.2) is 46.2 Å². The molecule has 2 aromatic carbocycles. The number of pyridine rings is 1. The fourth-order valence-corrected chi connectivity index (χ4v) is 4.00. The van der Waals surface area contributed by atoms with Crippen molar-refractivity contribution >= 4 is 52.1 Å². The van der Waals surface area contributed by atoms with Crippen molar-refractivity contribution in [2.24, 2.45) is 0 Å². The summed E-state index contributed by atoms with van der Waals surface area (Å²) in [6, 6.07) is 5.38. The average molecular weight is 505 g/mol. The first-order valence-corrected chi connectivity index (χ1v) is 11.2. The summed E-state index contributed by atoms with van der Waals surface area (Å²) in [5, 5.41) is 15.3. The number of amides is 1. The van der Waals surface area contributed by atoms with Crippen LogP contribution in [0.25, 0.3) is 0 Å². The quantitative estimate of drug-likeness (QED) is 0.356. The van der Waals surface area contributed by atoms with Crippen LogP contribution in [-0.2, 0) is 4.79 Å². The van der Waals surface area contributed by atoms with Crippen molar-refractivity contribution in [1.29, 1.82) is 0 Å². The minimum Gasteiger partial charge on any atom is -0.481 e. The molecule has 0 radical (unpaired) electrons. The van der Waals surface area contributed by atoms with E-state index in [4.69, 9.17) is 23.2 Å². The smallest absolute Gasteiger partial charge is 0.305 e. The monoisotopic (exact) mass is 504 g/mol. The molecule has 3 N–H and O–H groups in total. The van der Waals surface area contributed by atoms with E-state index in [0.29, 0.717) is 18.7 Å². The predicted octanol–water partition coefficient (Wildman–Crippen LogP) is 3.71. The van der Waals surface area contributed by atoms with E-state index in [9.17, 15) is 24.3 Å². The van der Waals surface area contributed by atoms with E-state index in [1.165, 1.54) is 24.5 Å². The number of aliphatic carboxylic acids is 1. The van der Waals surface area contributed by atoms with Gasteiger partial charge in [0.2, 0.25) is 0 Å². The highest BCUT2D eigenvalue weighted by Gasteiger charge is 2.28. The molecule has 178 valence electrons. The molecular formula is C23H22Cl2N4O5. The molecule has 0 saturated heterocycles. The highest BCUT2D eigenvalue weighted by Crippen LogP contribution is 2.30. The number of carboxylic acids is 1. The van der Waals surface area contributed by atoms with Crippen LogP contribution in [0.3, 0.4) is 0 Å². The topological polar surface area (TPSA) is 129 Å². The predicted molar refractivity (Wildman–Crippen MR) is 132 cm³/mol. The van der Waals surface area contributed by atoms with Crippen molar-refractivity contribution in [3.8, 4) is 0 Å². The van der Waals surface area contributed by atoms with Gasteiger partial charge < -0.3 is 20.6 Å². The fourth-order valence-electron chi connectivity index (χ4n) is 3.54. The first kappa shape index (κ1) is 25.2. The molecule has 34 heavy (non-hydrogen) atoms. The largest absolute Gasteiger partial charge is 0.481 e. The molecule has 0 bridgehead atoms. The number of rotatable bonds is 10. The molecule has 0 fully saturated rings. The Kier molecular flexibility index (Phi) is 7.90. The van der Waals surface area contributed by atoms with Crippen LogP contribution < -0.4 is 26.4 Å². The lowest BCUT2D eigenvalue weighted by molar-refractivity contribution is -0.137. The molecule has 0 spiro atoms. The summed E-state index contributed by atoms with van der Waals surface area (Å²) in [6.45, 7) is 4.76. The molecular weight excluding hydrogens is 483 g/mol. The number of aromatic nitrogens is 1. The number of carboxylic acid groups (broad SMARTS) is 1. The molecule has 0 aliphatic heterocycles. The van der Waals surface area contributed by atoms with Gasteiger partial charge in [-0.2, -0.15) is 0 Å². The van der Waals surface area contributed by atoms with E-state index >= 15 is 0 Å². The van der Waals surface area contributed by atoms with Gasteiger partial charge in [0.05, 0.1) is 28.2 Å². The third-order valence-corrected chi connectivity index (χ3v) is 5.90. The Bertz CT molecular complexity index is 1260. The normalized spacial score (nSPS) is 11.8. The zero-order chi connectivity index (χ0) is 25.0. The van der Waals surface area contributed by atoms with Crippen molar-refractivity contribution in [2.75, 3.05) is 28.6 Å². The maximum Gasteiger partial charge on any atom is 0.305 e. The lowest BCUT2D eigenvalue weighted by Crippen LogP contribution is -2.43. The van der Waals surface area contributed by atoms with Crippen LogP contribution in [0, 0.1) is 0 Å². The Labute approximate surface area is 205 Å². The van der Waals surface area contributed by atoms with Crippen LogP contribution in [0.4, 0.5) is 17.1 Å². The Hall–Kier alpha value is -3.43. The molecule has 1 unspecified atom stereocenters. The molecule has 1 amide bonds. The lowest BCUT2D eigenvalue weighted by Gasteiger charge is -2.27. The van der Waals surface area contributed by atoms with Gasteiger partial charge in [-0.1, -0.05) is 35.3 Å². The highest BCUT2D eigenvalue weighted by atomic mass is 35.5. The van der Waals surface area contributed by atoms with Gasteiger partial charge in [-0.25, -0.2) is 0 Å². The summed E-state index contributed by atoms with van der Waals surface area (Å²) in [5.41, 5.74) is 0.107. The lowest BCUT2D eigenvalue weighted by atomic mass is 10.00. The molecule has 0 aliphatic rings. The summed E-state index contributed by atoms with van der Waals surface area (Å²) in [5.74, 6) is -1.57. The van der Waals surface area contributed by atoms with Gasteiger partial charge in [-0.3, -0.25) is 24.2 Å².